The number of hydrogen-bond donors (Lipinski definition) is 1. The Bertz CT molecular complexity index is 233. The van der Waals surface area contributed by atoms with E-state index in [1.165, 1.54) is 6.07 Å². The van der Waals surface area contributed by atoms with Crippen LogP contribution in [0.2, 0.25) is 0 Å². The lowest BCUT2D eigenvalue weighted by atomic mass is 10.1. The van der Waals surface area contributed by atoms with E-state index in [4.69, 9.17) is 5.11 Å². The van der Waals surface area contributed by atoms with Gasteiger partial charge in [-0.1, -0.05) is 12.1 Å². The topological polar surface area (TPSA) is 20.2 Å². The molecule has 0 aliphatic heterocycles. The van der Waals surface area contributed by atoms with Crippen molar-refractivity contribution in [3.63, 3.8) is 0 Å². The number of benzene rings is 1. The number of halogens is 1. The van der Waals surface area contributed by atoms with E-state index >= 15 is 0 Å². The average Bonchev–Trinajstić information content (AvgIpc) is 1.93. The number of aliphatic hydroxyl groups is 1. The van der Waals surface area contributed by atoms with Gasteiger partial charge in [0.05, 0.1) is 6.10 Å². The van der Waals surface area contributed by atoms with E-state index < -0.39 is 6.10 Å². The minimum absolute atomic E-state index is 0.298. The first-order chi connectivity index (χ1) is 5.20. The highest BCUT2D eigenvalue weighted by Gasteiger charge is 2.03. The van der Waals surface area contributed by atoms with E-state index in [1.54, 1.807) is 19.1 Å². The molecule has 1 atom stereocenters. The predicted molar refractivity (Wildman–Crippen MR) is 40.6 cm³/mol. The van der Waals surface area contributed by atoms with Crippen LogP contribution in [0.5, 0.6) is 0 Å². The Morgan fingerprint density at radius 1 is 1.73 bits per heavy atom. The molecule has 1 aromatic rings. The standard InChI is InChI=1S/C9H10FO/c1-7(11)6-8-4-2-3-5-9(8)10/h2,4-5,7,11H,6H2,1H3. The van der Waals surface area contributed by atoms with Crippen LogP contribution in [0.1, 0.15) is 12.5 Å². The summed E-state index contributed by atoms with van der Waals surface area (Å²) < 4.78 is 12.8. The van der Waals surface area contributed by atoms with Crippen molar-refractivity contribution in [3.8, 4) is 0 Å². The van der Waals surface area contributed by atoms with Gasteiger partial charge >= 0.3 is 0 Å². The molecule has 1 nitrogen and oxygen atoms in total. The first-order valence-corrected chi connectivity index (χ1v) is 3.52. The van der Waals surface area contributed by atoms with E-state index in [1.807, 2.05) is 0 Å². The van der Waals surface area contributed by atoms with Crippen LogP contribution in [0.25, 0.3) is 0 Å². The second kappa shape index (κ2) is 3.49. The smallest absolute Gasteiger partial charge is 0.127 e. The monoisotopic (exact) mass is 153 g/mol. The minimum atomic E-state index is -0.494. The third-order valence-electron chi connectivity index (χ3n) is 1.41. The molecule has 0 heterocycles. The Balaban J connectivity index is 2.78. The zero-order valence-corrected chi connectivity index (χ0v) is 6.34. The first kappa shape index (κ1) is 8.21. The molecule has 0 fully saturated rings. The lowest BCUT2D eigenvalue weighted by molar-refractivity contribution is 0.194. The fourth-order valence-corrected chi connectivity index (χ4v) is 0.926. The van der Waals surface area contributed by atoms with Crippen molar-refractivity contribution in [1.29, 1.82) is 0 Å². The molecule has 0 aromatic heterocycles. The van der Waals surface area contributed by atoms with Crippen LogP contribution in [-0.4, -0.2) is 11.2 Å². The summed E-state index contributed by atoms with van der Waals surface area (Å²) in [6.45, 7) is 1.64. The van der Waals surface area contributed by atoms with Crippen molar-refractivity contribution in [2.45, 2.75) is 19.4 Å². The van der Waals surface area contributed by atoms with E-state index in [2.05, 4.69) is 6.07 Å². The van der Waals surface area contributed by atoms with E-state index in [9.17, 15) is 4.39 Å². The molecule has 0 saturated carbocycles. The Kier molecular flexibility index (Phi) is 2.60. The van der Waals surface area contributed by atoms with Crippen LogP contribution in [0.3, 0.4) is 0 Å². The van der Waals surface area contributed by atoms with Crippen LogP contribution < -0.4 is 0 Å². The van der Waals surface area contributed by atoms with Gasteiger partial charge in [-0.15, -0.1) is 0 Å². The molecule has 0 saturated heterocycles. The first-order valence-electron chi connectivity index (χ1n) is 3.52. The number of aliphatic hydroxyl groups excluding tert-OH is 1. The molecule has 59 valence electrons. The Morgan fingerprint density at radius 2 is 2.45 bits per heavy atom. The quantitative estimate of drug-likeness (QED) is 0.683. The fourth-order valence-electron chi connectivity index (χ4n) is 0.926. The highest BCUT2D eigenvalue weighted by molar-refractivity contribution is 5.16. The number of hydrogen-bond acceptors (Lipinski definition) is 1. The molecule has 0 spiro atoms. The van der Waals surface area contributed by atoms with Crippen molar-refractivity contribution >= 4 is 0 Å². The van der Waals surface area contributed by atoms with Crippen molar-refractivity contribution < 1.29 is 9.50 Å². The molecular weight excluding hydrogens is 143 g/mol. The SMILES string of the molecule is CC(O)Cc1cc[c]cc1F. The lowest BCUT2D eigenvalue weighted by Gasteiger charge is -2.03. The molecule has 0 aliphatic rings. The third-order valence-corrected chi connectivity index (χ3v) is 1.41. The van der Waals surface area contributed by atoms with Gasteiger partial charge in [-0.05, 0) is 24.6 Å². The maximum absolute atomic E-state index is 12.8. The molecule has 11 heavy (non-hydrogen) atoms. The molecule has 2 heteroatoms. The van der Waals surface area contributed by atoms with E-state index in [-0.39, 0.29) is 5.82 Å². The summed E-state index contributed by atoms with van der Waals surface area (Å²) >= 11 is 0. The lowest BCUT2D eigenvalue weighted by Crippen LogP contribution is -2.05. The summed E-state index contributed by atoms with van der Waals surface area (Å²) in [5.41, 5.74) is 0.541. The van der Waals surface area contributed by atoms with E-state index in [0.717, 1.165) is 0 Å². The van der Waals surface area contributed by atoms with Gasteiger partial charge in [0.15, 0.2) is 0 Å². The normalized spacial score (nSPS) is 13.0. The summed E-state index contributed by atoms with van der Waals surface area (Å²) in [6, 6.07) is 7.16. The minimum Gasteiger partial charge on any atom is -0.393 e. The van der Waals surface area contributed by atoms with Crippen molar-refractivity contribution in [2.75, 3.05) is 0 Å². The summed E-state index contributed by atoms with van der Waals surface area (Å²) in [5.74, 6) is -0.298. The Morgan fingerprint density at radius 3 is 3.00 bits per heavy atom. The van der Waals surface area contributed by atoms with Gasteiger partial charge in [0.1, 0.15) is 5.82 Å². The average molecular weight is 153 g/mol. The summed E-state index contributed by atoms with van der Waals surface area (Å²) in [6.07, 6.45) is -0.132. The van der Waals surface area contributed by atoms with Gasteiger partial charge < -0.3 is 5.11 Å². The molecule has 1 N–H and O–H groups in total. The zero-order valence-electron chi connectivity index (χ0n) is 6.34. The highest BCUT2D eigenvalue weighted by Crippen LogP contribution is 2.07. The molecular formula is C9H10FO. The van der Waals surface area contributed by atoms with Crippen molar-refractivity contribution in [3.05, 3.63) is 35.6 Å². The maximum Gasteiger partial charge on any atom is 0.127 e. The van der Waals surface area contributed by atoms with Crippen molar-refractivity contribution in [2.24, 2.45) is 0 Å². The molecule has 1 aromatic carbocycles. The van der Waals surface area contributed by atoms with Gasteiger partial charge in [0.2, 0.25) is 0 Å². The van der Waals surface area contributed by atoms with Gasteiger partial charge in [0.25, 0.3) is 0 Å². The summed E-state index contributed by atoms with van der Waals surface area (Å²) in [5, 5.41) is 8.95. The Hall–Kier alpha value is -0.890. The fraction of sp³-hybridized carbons (Fsp3) is 0.333. The van der Waals surface area contributed by atoms with Crippen molar-refractivity contribution in [1.82, 2.24) is 0 Å². The van der Waals surface area contributed by atoms with Gasteiger partial charge in [0, 0.05) is 6.42 Å². The van der Waals surface area contributed by atoms with Gasteiger partial charge in [-0.2, -0.15) is 0 Å². The molecule has 0 aliphatic carbocycles. The Labute approximate surface area is 65.5 Å². The van der Waals surface area contributed by atoms with Crippen LogP contribution in [0, 0.1) is 11.9 Å². The van der Waals surface area contributed by atoms with Crippen LogP contribution >= 0.6 is 0 Å². The second-order valence-corrected chi connectivity index (χ2v) is 2.57. The van der Waals surface area contributed by atoms with Gasteiger partial charge in [-0.3, -0.25) is 0 Å². The second-order valence-electron chi connectivity index (χ2n) is 2.57. The summed E-state index contributed by atoms with van der Waals surface area (Å²) in [7, 11) is 0. The predicted octanol–water partition coefficient (Wildman–Crippen LogP) is 1.55. The third kappa shape index (κ3) is 2.31. The van der Waals surface area contributed by atoms with Crippen LogP contribution in [-0.2, 0) is 6.42 Å². The summed E-state index contributed by atoms with van der Waals surface area (Å²) in [4.78, 5) is 0. The molecule has 1 radical (unpaired) electrons. The van der Waals surface area contributed by atoms with Crippen LogP contribution in [0.4, 0.5) is 4.39 Å². The van der Waals surface area contributed by atoms with Crippen LogP contribution in [0.15, 0.2) is 18.2 Å². The molecule has 0 bridgehead atoms. The largest absolute Gasteiger partial charge is 0.393 e. The maximum atomic E-state index is 12.8. The zero-order chi connectivity index (χ0) is 8.27. The highest BCUT2D eigenvalue weighted by atomic mass is 19.1. The molecule has 0 amide bonds. The number of rotatable bonds is 2. The van der Waals surface area contributed by atoms with Gasteiger partial charge in [-0.25, -0.2) is 4.39 Å². The molecule has 1 rings (SSSR count). The molecule has 1 unspecified atom stereocenters. The van der Waals surface area contributed by atoms with E-state index in [0.29, 0.717) is 12.0 Å².